The fraction of sp³-hybridized carbons (Fsp3) is 0. The topological polar surface area (TPSA) is 98.0 Å². The molecule has 9 heteroatoms. The van der Waals surface area contributed by atoms with Crippen LogP contribution in [-0.2, 0) is 0 Å². The van der Waals surface area contributed by atoms with Gasteiger partial charge in [0.15, 0.2) is 0 Å². The van der Waals surface area contributed by atoms with Crippen LogP contribution in [0.25, 0.3) is 0 Å². The lowest BCUT2D eigenvalue weighted by molar-refractivity contribution is -0.380. The Morgan fingerprint density at radius 2 is 2.22 bits per heavy atom. The summed E-state index contributed by atoms with van der Waals surface area (Å²) in [5.74, 6) is -0.251. The number of anilines is 1. The van der Waals surface area contributed by atoms with Crippen molar-refractivity contribution in [1.29, 1.82) is 0 Å². The van der Waals surface area contributed by atoms with Gasteiger partial charge in [0.1, 0.15) is 17.3 Å². The summed E-state index contributed by atoms with van der Waals surface area (Å²) in [6.45, 7) is 0. The van der Waals surface area contributed by atoms with Crippen molar-refractivity contribution in [2.75, 3.05) is 5.32 Å². The molecule has 0 aromatic carbocycles. The highest BCUT2D eigenvalue weighted by Gasteiger charge is 2.15. The SMILES string of the molecule is O=C(Nc1cc(Cl)ncn1)c1ccc([N+](=O)[O-])s1. The number of carbonyl (C=O) groups excluding carboxylic acids is 1. The standard InChI is InChI=1S/C9H5ClN4O3S/c10-6-3-7(12-4-11-6)13-9(15)5-1-2-8(18-5)14(16)17/h1-4H,(H,11,12,13,15). The maximum absolute atomic E-state index is 11.7. The van der Waals surface area contributed by atoms with Crippen molar-refractivity contribution in [2.24, 2.45) is 0 Å². The molecule has 0 aliphatic heterocycles. The van der Waals surface area contributed by atoms with Crippen LogP contribution in [0.3, 0.4) is 0 Å². The third-order valence-electron chi connectivity index (χ3n) is 1.87. The molecule has 0 aliphatic carbocycles. The lowest BCUT2D eigenvalue weighted by Gasteiger charge is -2.01. The maximum Gasteiger partial charge on any atom is 0.324 e. The van der Waals surface area contributed by atoms with Gasteiger partial charge in [-0.2, -0.15) is 0 Å². The summed E-state index contributed by atoms with van der Waals surface area (Å²) >= 11 is 6.42. The number of nitrogens with zero attached hydrogens (tertiary/aromatic N) is 3. The minimum Gasteiger partial charge on any atom is -0.306 e. The lowest BCUT2D eigenvalue weighted by atomic mass is 10.4. The molecule has 0 spiro atoms. The van der Waals surface area contributed by atoms with Gasteiger partial charge in [0.2, 0.25) is 0 Å². The number of rotatable bonds is 3. The molecule has 2 aromatic heterocycles. The van der Waals surface area contributed by atoms with Crippen LogP contribution < -0.4 is 5.32 Å². The Morgan fingerprint density at radius 1 is 1.44 bits per heavy atom. The van der Waals surface area contributed by atoms with E-state index in [0.717, 1.165) is 11.3 Å². The number of thiophene rings is 1. The van der Waals surface area contributed by atoms with E-state index < -0.39 is 10.8 Å². The number of hydrogen-bond donors (Lipinski definition) is 1. The second-order valence-corrected chi connectivity index (χ2v) is 4.52. The predicted octanol–water partition coefficient (Wildman–Crippen LogP) is 2.35. The van der Waals surface area contributed by atoms with Crippen LogP contribution in [0.15, 0.2) is 24.5 Å². The van der Waals surface area contributed by atoms with Gasteiger partial charge in [-0.15, -0.1) is 0 Å². The maximum atomic E-state index is 11.7. The molecule has 1 amide bonds. The third kappa shape index (κ3) is 2.79. The Kier molecular flexibility index (Phi) is 3.49. The highest BCUT2D eigenvalue weighted by Crippen LogP contribution is 2.24. The molecule has 0 aliphatic rings. The van der Waals surface area contributed by atoms with E-state index >= 15 is 0 Å². The molecule has 1 N–H and O–H groups in total. The first kappa shape index (κ1) is 12.4. The zero-order chi connectivity index (χ0) is 13.1. The first-order valence-electron chi connectivity index (χ1n) is 4.59. The molecule has 0 radical (unpaired) electrons. The molecule has 2 heterocycles. The van der Waals surface area contributed by atoms with E-state index in [1.165, 1.54) is 24.5 Å². The van der Waals surface area contributed by atoms with E-state index in [4.69, 9.17) is 11.6 Å². The number of nitrogens with one attached hydrogen (secondary N) is 1. The quantitative estimate of drug-likeness (QED) is 0.530. The van der Waals surface area contributed by atoms with Crippen LogP contribution in [0, 0.1) is 10.1 Å². The summed E-state index contributed by atoms with van der Waals surface area (Å²) in [5, 5.41) is 13.0. The Balaban J connectivity index is 2.14. The van der Waals surface area contributed by atoms with Crippen molar-refractivity contribution in [2.45, 2.75) is 0 Å². The van der Waals surface area contributed by atoms with E-state index in [1.54, 1.807) is 0 Å². The van der Waals surface area contributed by atoms with Gasteiger partial charge in [0, 0.05) is 12.1 Å². The molecule has 0 atom stereocenters. The van der Waals surface area contributed by atoms with Gasteiger partial charge >= 0.3 is 5.00 Å². The first-order chi connectivity index (χ1) is 8.56. The summed E-state index contributed by atoms with van der Waals surface area (Å²) in [5.41, 5.74) is 0. The summed E-state index contributed by atoms with van der Waals surface area (Å²) in [7, 11) is 0. The normalized spacial score (nSPS) is 10.1. The van der Waals surface area contributed by atoms with Crippen LogP contribution in [0.2, 0.25) is 5.15 Å². The van der Waals surface area contributed by atoms with Crippen molar-refractivity contribution >= 4 is 39.7 Å². The van der Waals surface area contributed by atoms with E-state index in [0.29, 0.717) is 0 Å². The molecule has 7 nitrogen and oxygen atoms in total. The number of hydrogen-bond acceptors (Lipinski definition) is 6. The van der Waals surface area contributed by atoms with E-state index in [9.17, 15) is 14.9 Å². The van der Waals surface area contributed by atoms with Gasteiger partial charge in [-0.1, -0.05) is 22.9 Å². The van der Waals surface area contributed by atoms with Crippen LogP contribution in [0.4, 0.5) is 10.8 Å². The largest absolute Gasteiger partial charge is 0.324 e. The minimum atomic E-state index is -0.553. The first-order valence-corrected chi connectivity index (χ1v) is 5.79. The zero-order valence-corrected chi connectivity index (χ0v) is 10.2. The van der Waals surface area contributed by atoms with Gasteiger partial charge in [-0.05, 0) is 6.07 Å². The Bertz CT molecular complexity index is 615. The molecule has 0 bridgehead atoms. The lowest BCUT2D eigenvalue weighted by Crippen LogP contribution is -2.11. The van der Waals surface area contributed by atoms with Crippen LogP contribution in [-0.4, -0.2) is 20.8 Å². The van der Waals surface area contributed by atoms with Crippen LogP contribution in [0.5, 0.6) is 0 Å². The monoisotopic (exact) mass is 284 g/mol. The average Bonchev–Trinajstić information content (AvgIpc) is 2.78. The number of carbonyl (C=O) groups is 1. The van der Waals surface area contributed by atoms with E-state index in [2.05, 4.69) is 15.3 Å². The number of halogens is 1. The smallest absolute Gasteiger partial charge is 0.306 e. The van der Waals surface area contributed by atoms with E-state index in [1.807, 2.05) is 0 Å². The molecule has 2 aromatic rings. The van der Waals surface area contributed by atoms with Crippen molar-refractivity contribution in [1.82, 2.24) is 9.97 Å². The number of amides is 1. The fourth-order valence-electron chi connectivity index (χ4n) is 1.13. The van der Waals surface area contributed by atoms with Gasteiger partial charge in [-0.3, -0.25) is 14.9 Å². The minimum absolute atomic E-state index is 0.0964. The third-order valence-corrected chi connectivity index (χ3v) is 3.11. The molecule has 92 valence electrons. The molecule has 0 fully saturated rings. The Labute approximate surface area is 110 Å². The van der Waals surface area contributed by atoms with E-state index in [-0.39, 0.29) is 20.8 Å². The highest BCUT2D eigenvalue weighted by molar-refractivity contribution is 7.17. The average molecular weight is 285 g/mol. The predicted molar refractivity (Wildman–Crippen MR) is 66.0 cm³/mol. The van der Waals surface area contributed by atoms with Crippen molar-refractivity contribution in [3.8, 4) is 0 Å². The Morgan fingerprint density at radius 3 is 2.83 bits per heavy atom. The van der Waals surface area contributed by atoms with Crippen LogP contribution in [0.1, 0.15) is 9.67 Å². The van der Waals surface area contributed by atoms with Crippen molar-refractivity contribution < 1.29 is 9.72 Å². The summed E-state index contributed by atoms with van der Waals surface area (Å²) in [6.07, 6.45) is 1.20. The molecule has 2 rings (SSSR count). The van der Waals surface area contributed by atoms with Crippen molar-refractivity contribution in [3.05, 3.63) is 44.7 Å². The summed E-state index contributed by atoms with van der Waals surface area (Å²) in [6, 6.07) is 4.02. The van der Waals surface area contributed by atoms with Gasteiger partial charge < -0.3 is 5.32 Å². The summed E-state index contributed by atoms with van der Waals surface area (Å²) < 4.78 is 0. The Hall–Kier alpha value is -2.06. The van der Waals surface area contributed by atoms with Gasteiger partial charge in [0.25, 0.3) is 5.91 Å². The van der Waals surface area contributed by atoms with Gasteiger partial charge in [-0.25, -0.2) is 9.97 Å². The number of nitro groups is 1. The zero-order valence-electron chi connectivity index (χ0n) is 8.66. The molecule has 0 unspecified atom stereocenters. The van der Waals surface area contributed by atoms with Crippen LogP contribution >= 0.6 is 22.9 Å². The van der Waals surface area contributed by atoms with Crippen molar-refractivity contribution in [3.63, 3.8) is 0 Å². The summed E-state index contributed by atoms with van der Waals surface area (Å²) in [4.78, 5) is 29.3. The molecule has 0 saturated heterocycles. The van der Waals surface area contributed by atoms with Gasteiger partial charge in [0.05, 0.1) is 9.80 Å². The molecular weight excluding hydrogens is 280 g/mol. The molecular formula is C9H5ClN4O3S. The fourth-order valence-corrected chi connectivity index (χ4v) is 1.99. The number of aromatic nitrogens is 2. The molecule has 0 saturated carbocycles. The second-order valence-electron chi connectivity index (χ2n) is 3.08. The highest BCUT2D eigenvalue weighted by atomic mass is 35.5. The molecule has 18 heavy (non-hydrogen) atoms. The second kappa shape index (κ2) is 5.07.